The van der Waals surface area contributed by atoms with Crippen LogP contribution in [0.5, 0.6) is 0 Å². The average molecular weight is 488 g/mol. The standard InChI is InChI=1S/C28H37N7O/c1-21(23-16-31-35(19-23)27-13-26(17-29-18-27)32-9-2-3-10-32)34-12-8-25(14-28(34)36)33-11-4-5-24(20-33)30-15-22-6-7-22/h8,12-14,16-19,21-22,24,30H,2-7,9-11,15,20H2,1H3/t21?,24-/m1/s1. The molecule has 3 aliphatic rings. The van der Waals surface area contributed by atoms with Crippen LogP contribution in [0.3, 0.4) is 0 Å². The van der Waals surface area contributed by atoms with E-state index in [9.17, 15) is 4.79 Å². The van der Waals surface area contributed by atoms with Gasteiger partial charge in [0, 0.05) is 61.9 Å². The lowest BCUT2D eigenvalue weighted by atomic mass is 10.0. The molecule has 0 aromatic carbocycles. The first-order valence-electron chi connectivity index (χ1n) is 13.6. The summed E-state index contributed by atoms with van der Waals surface area (Å²) in [7, 11) is 0. The van der Waals surface area contributed by atoms with E-state index in [1.807, 2.05) is 35.7 Å². The molecule has 36 heavy (non-hydrogen) atoms. The van der Waals surface area contributed by atoms with Gasteiger partial charge in [-0.1, -0.05) is 0 Å². The van der Waals surface area contributed by atoms with Crippen molar-refractivity contribution >= 4 is 11.4 Å². The highest BCUT2D eigenvalue weighted by atomic mass is 16.1. The van der Waals surface area contributed by atoms with Gasteiger partial charge in [0.15, 0.2) is 0 Å². The zero-order valence-corrected chi connectivity index (χ0v) is 21.2. The zero-order chi connectivity index (χ0) is 24.5. The van der Waals surface area contributed by atoms with Crippen LogP contribution in [0.2, 0.25) is 0 Å². The normalized spacial score (nSPS) is 21.2. The number of piperidine rings is 1. The number of hydrogen-bond acceptors (Lipinski definition) is 6. The summed E-state index contributed by atoms with van der Waals surface area (Å²) in [5.41, 5.74) is 4.14. The molecule has 0 amide bonds. The Kier molecular flexibility index (Phi) is 6.52. The SMILES string of the molecule is CC(c1cnn(-c2cncc(N3CCCC3)c2)c1)n1ccc(N2CCC[C@@H](NCC3CC3)C2)cc1=O. The quantitative estimate of drug-likeness (QED) is 0.524. The van der Waals surface area contributed by atoms with E-state index in [0.717, 1.165) is 67.7 Å². The van der Waals surface area contributed by atoms with Crippen LogP contribution >= 0.6 is 0 Å². The smallest absolute Gasteiger partial charge is 0.253 e. The number of aromatic nitrogens is 4. The van der Waals surface area contributed by atoms with E-state index in [4.69, 9.17) is 0 Å². The Labute approximate surface area is 212 Å². The minimum Gasteiger partial charge on any atom is -0.370 e. The van der Waals surface area contributed by atoms with E-state index in [0.29, 0.717) is 6.04 Å². The number of pyridine rings is 2. The maximum Gasteiger partial charge on any atom is 0.253 e. The van der Waals surface area contributed by atoms with Crippen LogP contribution in [0.25, 0.3) is 5.69 Å². The van der Waals surface area contributed by atoms with Gasteiger partial charge in [-0.25, -0.2) is 4.68 Å². The molecule has 1 aliphatic carbocycles. The molecule has 8 heteroatoms. The van der Waals surface area contributed by atoms with Crippen molar-refractivity contribution in [3.8, 4) is 5.69 Å². The Balaban J connectivity index is 1.15. The molecule has 190 valence electrons. The molecule has 1 saturated carbocycles. The number of nitrogens with one attached hydrogen (secondary N) is 1. The molecule has 6 rings (SSSR count). The zero-order valence-electron chi connectivity index (χ0n) is 21.2. The molecule has 3 aromatic heterocycles. The fraction of sp³-hybridized carbons (Fsp3) is 0.536. The van der Waals surface area contributed by atoms with E-state index in [2.05, 4.69) is 44.3 Å². The molecule has 5 heterocycles. The molecule has 2 aliphatic heterocycles. The van der Waals surface area contributed by atoms with Crippen LogP contribution in [0.1, 0.15) is 57.1 Å². The minimum absolute atomic E-state index is 0.0264. The van der Waals surface area contributed by atoms with Crippen LogP contribution in [-0.4, -0.2) is 58.1 Å². The largest absolute Gasteiger partial charge is 0.370 e. The van der Waals surface area contributed by atoms with Crippen LogP contribution < -0.4 is 20.7 Å². The average Bonchev–Trinajstić information content (AvgIpc) is 3.35. The van der Waals surface area contributed by atoms with Gasteiger partial charge < -0.3 is 19.7 Å². The third-order valence-corrected chi connectivity index (χ3v) is 8.06. The van der Waals surface area contributed by atoms with Gasteiger partial charge in [-0.15, -0.1) is 0 Å². The predicted octanol–water partition coefficient (Wildman–Crippen LogP) is 3.61. The number of hydrogen-bond donors (Lipinski definition) is 1. The van der Waals surface area contributed by atoms with Crippen molar-refractivity contribution in [2.24, 2.45) is 5.92 Å². The molecular formula is C28H37N7O. The van der Waals surface area contributed by atoms with Gasteiger partial charge in [0.05, 0.1) is 36.0 Å². The fourth-order valence-corrected chi connectivity index (χ4v) is 5.57. The Morgan fingerprint density at radius 1 is 0.972 bits per heavy atom. The molecule has 3 fully saturated rings. The summed E-state index contributed by atoms with van der Waals surface area (Å²) in [4.78, 5) is 22.3. The van der Waals surface area contributed by atoms with Crippen molar-refractivity contribution in [3.05, 3.63) is 65.1 Å². The minimum atomic E-state index is -0.107. The summed E-state index contributed by atoms with van der Waals surface area (Å²) in [5.74, 6) is 0.889. The molecule has 8 nitrogen and oxygen atoms in total. The molecule has 1 unspecified atom stereocenters. The second-order valence-corrected chi connectivity index (χ2v) is 10.8. The van der Waals surface area contributed by atoms with Crippen molar-refractivity contribution in [3.63, 3.8) is 0 Å². The Morgan fingerprint density at radius 2 is 1.78 bits per heavy atom. The summed E-state index contributed by atoms with van der Waals surface area (Å²) >= 11 is 0. The van der Waals surface area contributed by atoms with Crippen LogP contribution in [0.4, 0.5) is 11.4 Å². The first-order valence-corrected chi connectivity index (χ1v) is 13.6. The van der Waals surface area contributed by atoms with E-state index >= 15 is 0 Å². The van der Waals surface area contributed by atoms with E-state index in [1.165, 1.54) is 32.1 Å². The number of anilines is 2. The van der Waals surface area contributed by atoms with Gasteiger partial charge in [-0.05, 0) is 70.0 Å². The van der Waals surface area contributed by atoms with E-state index < -0.39 is 0 Å². The maximum absolute atomic E-state index is 13.1. The van der Waals surface area contributed by atoms with E-state index in [1.54, 1.807) is 10.6 Å². The molecule has 0 bridgehead atoms. The molecule has 0 spiro atoms. The highest BCUT2D eigenvalue weighted by Gasteiger charge is 2.25. The molecule has 2 saturated heterocycles. The van der Waals surface area contributed by atoms with Crippen LogP contribution in [0, 0.1) is 5.92 Å². The highest BCUT2D eigenvalue weighted by Crippen LogP contribution is 2.28. The number of nitrogens with zero attached hydrogens (tertiary/aromatic N) is 6. The Morgan fingerprint density at radius 3 is 2.58 bits per heavy atom. The van der Waals surface area contributed by atoms with Gasteiger partial charge in [0.1, 0.15) is 0 Å². The molecule has 1 N–H and O–H groups in total. The summed E-state index contributed by atoms with van der Waals surface area (Å²) in [6, 6.07) is 6.45. The van der Waals surface area contributed by atoms with Crippen molar-refractivity contribution in [1.82, 2.24) is 24.6 Å². The van der Waals surface area contributed by atoms with Crippen molar-refractivity contribution < 1.29 is 0 Å². The second kappa shape index (κ2) is 10.1. The fourth-order valence-electron chi connectivity index (χ4n) is 5.57. The van der Waals surface area contributed by atoms with Crippen molar-refractivity contribution in [2.45, 2.75) is 57.5 Å². The van der Waals surface area contributed by atoms with Crippen molar-refractivity contribution in [2.75, 3.05) is 42.5 Å². The maximum atomic E-state index is 13.1. The lowest BCUT2D eigenvalue weighted by Gasteiger charge is -2.35. The van der Waals surface area contributed by atoms with Gasteiger partial charge in [0.2, 0.25) is 0 Å². The summed E-state index contributed by atoms with van der Waals surface area (Å²) in [6.45, 7) is 7.35. The molecule has 3 aromatic rings. The predicted molar refractivity (Wildman–Crippen MR) is 143 cm³/mol. The van der Waals surface area contributed by atoms with Gasteiger partial charge in [-0.3, -0.25) is 9.78 Å². The Hall–Kier alpha value is -3.13. The third kappa shape index (κ3) is 5.05. The molecular weight excluding hydrogens is 450 g/mol. The second-order valence-electron chi connectivity index (χ2n) is 10.8. The molecule has 0 radical (unpaired) electrons. The van der Waals surface area contributed by atoms with Crippen LogP contribution in [0.15, 0.2) is 54.0 Å². The highest BCUT2D eigenvalue weighted by molar-refractivity contribution is 5.51. The van der Waals surface area contributed by atoms with Gasteiger partial charge >= 0.3 is 0 Å². The number of rotatable bonds is 8. The first kappa shape index (κ1) is 23.3. The third-order valence-electron chi connectivity index (χ3n) is 8.06. The summed E-state index contributed by atoms with van der Waals surface area (Å²) < 4.78 is 3.66. The lowest BCUT2D eigenvalue weighted by Crippen LogP contribution is -2.46. The van der Waals surface area contributed by atoms with Crippen molar-refractivity contribution in [1.29, 1.82) is 0 Å². The monoisotopic (exact) mass is 487 g/mol. The lowest BCUT2D eigenvalue weighted by molar-refractivity contribution is 0.416. The summed E-state index contributed by atoms with van der Waals surface area (Å²) in [6.07, 6.45) is 17.2. The van der Waals surface area contributed by atoms with Crippen LogP contribution in [-0.2, 0) is 0 Å². The van der Waals surface area contributed by atoms with E-state index in [-0.39, 0.29) is 11.6 Å². The van der Waals surface area contributed by atoms with Gasteiger partial charge in [0.25, 0.3) is 5.56 Å². The molecule has 2 atom stereocenters. The topological polar surface area (TPSA) is 71.2 Å². The Bertz CT molecular complexity index is 1240. The first-order chi connectivity index (χ1) is 17.6. The summed E-state index contributed by atoms with van der Waals surface area (Å²) in [5, 5.41) is 8.33. The van der Waals surface area contributed by atoms with Gasteiger partial charge in [-0.2, -0.15) is 5.10 Å².